The van der Waals surface area contributed by atoms with E-state index in [2.05, 4.69) is 5.32 Å². The summed E-state index contributed by atoms with van der Waals surface area (Å²) < 4.78 is 4.80. The summed E-state index contributed by atoms with van der Waals surface area (Å²) in [7, 11) is 1.39. The van der Waals surface area contributed by atoms with Crippen molar-refractivity contribution in [3.8, 4) is 10.4 Å². The zero-order chi connectivity index (χ0) is 13.8. The summed E-state index contributed by atoms with van der Waals surface area (Å²) in [5.41, 5.74) is 8.24. The molecule has 19 heavy (non-hydrogen) atoms. The Labute approximate surface area is 116 Å². The third-order valence-electron chi connectivity index (χ3n) is 2.67. The van der Waals surface area contributed by atoms with E-state index < -0.39 is 0 Å². The van der Waals surface area contributed by atoms with E-state index in [9.17, 15) is 4.79 Å². The highest BCUT2D eigenvalue weighted by molar-refractivity contribution is 7.18. The maximum absolute atomic E-state index is 11.7. The van der Waals surface area contributed by atoms with Crippen LogP contribution in [0, 0.1) is 0 Å². The fourth-order valence-corrected chi connectivity index (χ4v) is 2.81. The molecule has 3 N–H and O–H groups in total. The van der Waals surface area contributed by atoms with Gasteiger partial charge in [0.05, 0.1) is 12.8 Å². The number of hydrogen-bond donors (Lipinski definition) is 2. The molecule has 2 rings (SSSR count). The van der Waals surface area contributed by atoms with Gasteiger partial charge in [-0.05, 0) is 30.7 Å². The Bertz CT molecular complexity index is 576. The first-order chi connectivity index (χ1) is 9.15. The van der Waals surface area contributed by atoms with Gasteiger partial charge in [-0.15, -0.1) is 11.3 Å². The summed E-state index contributed by atoms with van der Waals surface area (Å²) in [5, 5.41) is 3.18. The van der Waals surface area contributed by atoms with Gasteiger partial charge in [-0.3, -0.25) is 0 Å². The van der Waals surface area contributed by atoms with Crippen LogP contribution in [0.25, 0.3) is 10.4 Å². The molecule has 0 aliphatic rings. The predicted molar refractivity (Wildman–Crippen MR) is 79.7 cm³/mol. The largest absolute Gasteiger partial charge is 0.465 e. The van der Waals surface area contributed by atoms with Crippen LogP contribution in [0.1, 0.15) is 16.6 Å². The average molecular weight is 276 g/mol. The Balaban J connectivity index is 2.41. The number of benzene rings is 1. The lowest BCUT2D eigenvalue weighted by Crippen LogP contribution is -2.04. The topological polar surface area (TPSA) is 64.3 Å². The molecule has 1 aromatic heterocycles. The van der Waals surface area contributed by atoms with Crippen molar-refractivity contribution in [2.45, 2.75) is 6.92 Å². The van der Waals surface area contributed by atoms with Crippen LogP contribution in [0.4, 0.5) is 11.4 Å². The number of anilines is 2. The lowest BCUT2D eigenvalue weighted by molar-refractivity contribution is 0.0607. The summed E-state index contributed by atoms with van der Waals surface area (Å²) in [6, 6.07) is 9.54. The summed E-state index contributed by atoms with van der Waals surface area (Å²) >= 11 is 1.41. The third kappa shape index (κ3) is 2.88. The molecule has 2 aromatic rings. The average Bonchev–Trinajstić information content (AvgIpc) is 2.83. The third-order valence-corrected chi connectivity index (χ3v) is 3.83. The quantitative estimate of drug-likeness (QED) is 0.665. The van der Waals surface area contributed by atoms with Crippen molar-refractivity contribution >= 4 is 28.7 Å². The molecule has 5 heteroatoms. The van der Waals surface area contributed by atoms with Gasteiger partial charge < -0.3 is 15.8 Å². The molecule has 0 aliphatic heterocycles. The van der Waals surface area contributed by atoms with Crippen LogP contribution in [0.15, 0.2) is 30.3 Å². The monoisotopic (exact) mass is 276 g/mol. The number of thiophene rings is 1. The summed E-state index contributed by atoms with van der Waals surface area (Å²) in [4.78, 5) is 13.3. The van der Waals surface area contributed by atoms with Crippen LogP contribution in [-0.2, 0) is 4.74 Å². The molecule has 0 aliphatic carbocycles. The van der Waals surface area contributed by atoms with E-state index in [1.165, 1.54) is 18.4 Å². The highest BCUT2D eigenvalue weighted by Crippen LogP contribution is 2.35. The minimum atomic E-state index is -0.317. The zero-order valence-electron chi connectivity index (χ0n) is 10.9. The van der Waals surface area contributed by atoms with Gasteiger partial charge in [-0.25, -0.2) is 4.79 Å². The Morgan fingerprint density at radius 2 is 2.05 bits per heavy atom. The van der Waals surface area contributed by atoms with Crippen LogP contribution in [0.2, 0.25) is 0 Å². The van der Waals surface area contributed by atoms with Crippen LogP contribution in [-0.4, -0.2) is 19.6 Å². The number of rotatable bonds is 4. The van der Waals surface area contributed by atoms with Crippen LogP contribution in [0.5, 0.6) is 0 Å². The van der Waals surface area contributed by atoms with Gasteiger partial charge in [0.1, 0.15) is 4.88 Å². The minimum Gasteiger partial charge on any atom is -0.465 e. The molecule has 0 fully saturated rings. The maximum atomic E-state index is 11.7. The van der Waals surface area contributed by atoms with E-state index in [4.69, 9.17) is 10.5 Å². The number of carbonyl (C=O) groups is 1. The Kier molecular flexibility index (Phi) is 4.06. The van der Waals surface area contributed by atoms with Crippen molar-refractivity contribution < 1.29 is 9.53 Å². The van der Waals surface area contributed by atoms with Crippen LogP contribution in [0.3, 0.4) is 0 Å². The van der Waals surface area contributed by atoms with Gasteiger partial charge in [0, 0.05) is 17.1 Å². The molecule has 0 spiro atoms. The van der Waals surface area contributed by atoms with E-state index in [0.29, 0.717) is 4.88 Å². The van der Waals surface area contributed by atoms with Gasteiger partial charge in [0.15, 0.2) is 0 Å². The number of methoxy groups -OCH3 is 1. The second kappa shape index (κ2) is 5.75. The normalized spacial score (nSPS) is 10.2. The number of hydrogen-bond acceptors (Lipinski definition) is 5. The molecule has 0 bridgehead atoms. The Morgan fingerprint density at radius 3 is 2.63 bits per heavy atom. The van der Waals surface area contributed by atoms with Gasteiger partial charge in [0.25, 0.3) is 0 Å². The number of nitrogens with one attached hydrogen (secondary N) is 1. The number of ether oxygens (including phenoxy) is 1. The molecule has 0 amide bonds. The fraction of sp³-hybridized carbons (Fsp3) is 0.214. The van der Waals surface area contributed by atoms with Gasteiger partial charge in [-0.2, -0.15) is 0 Å². The fourth-order valence-electron chi connectivity index (χ4n) is 1.75. The van der Waals surface area contributed by atoms with Crippen molar-refractivity contribution in [3.05, 3.63) is 35.2 Å². The first-order valence-electron chi connectivity index (χ1n) is 5.97. The van der Waals surface area contributed by atoms with Gasteiger partial charge >= 0.3 is 5.97 Å². The molecule has 0 atom stereocenters. The summed E-state index contributed by atoms with van der Waals surface area (Å²) in [6.07, 6.45) is 0. The molecule has 1 aromatic carbocycles. The Hall–Kier alpha value is -2.01. The molecule has 0 saturated carbocycles. The molecule has 0 unspecified atom stereocenters. The Morgan fingerprint density at radius 1 is 1.37 bits per heavy atom. The lowest BCUT2D eigenvalue weighted by atomic mass is 10.1. The van der Waals surface area contributed by atoms with Crippen LogP contribution >= 0.6 is 11.3 Å². The van der Waals surface area contributed by atoms with E-state index >= 15 is 0 Å². The molecular formula is C14H16N2O2S. The maximum Gasteiger partial charge on any atom is 0.350 e. The molecule has 4 nitrogen and oxygen atoms in total. The first kappa shape index (κ1) is 13.4. The number of carbonyl (C=O) groups excluding carboxylic acids is 1. The number of esters is 1. The van der Waals surface area contributed by atoms with Gasteiger partial charge in [-0.1, -0.05) is 12.1 Å². The SMILES string of the molecule is CCNc1cc(-c2ccc(N)cc2)sc1C(=O)OC. The van der Waals surface area contributed by atoms with Crippen molar-refractivity contribution in [3.63, 3.8) is 0 Å². The van der Waals surface area contributed by atoms with Crippen LogP contribution < -0.4 is 11.1 Å². The van der Waals surface area contributed by atoms with Crippen molar-refractivity contribution in [1.29, 1.82) is 0 Å². The number of nitrogen functional groups attached to an aromatic ring is 1. The number of nitrogens with two attached hydrogens (primary N) is 1. The second-order valence-corrected chi connectivity index (χ2v) is 5.05. The molecule has 1 heterocycles. The lowest BCUT2D eigenvalue weighted by Gasteiger charge is -2.02. The minimum absolute atomic E-state index is 0.317. The van der Waals surface area contributed by atoms with E-state index in [-0.39, 0.29) is 5.97 Å². The molecule has 0 radical (unpaired) electrons. The van der Waals surface area contributed by atoms with Crippen molar-refractivity contribution in [1.82, 2.24) is 0 Å². The smallest absolute Gasteiger partial charge is 0.350 e. The zero-order valence-corrected chi connectivity index (χ0v) is 11.7. The predicted octanol–water partition coefficient (Wildman–Crippen LogP) is 3.22. The van der Waals surface area contributed by atoms with Gasteiger partial charge in [0.2, 0.25) is 0 Å². The first-order valence-corrected chi connectivity index (χ1v) is 6.79. The van der Waals surface area contributed by atoms with Crippen molar-refractivity contribution in [2.75, 3.05) is 24.7 Å². The standard InChI is InChI=1S/C14H16N2O2S/c1-3-16-11-8-12(19-13(11)14(17)18-2)9-4-6-10(15)7-5-9/h4-8,16H,3,15H2,1-2H3. The second-order valence-electron chi connectivity index (χ2n) is 4.00. The summed E-state index contributed by atoms with van der Waals surface area (Å²) in [6.45, 7) is 2.74. The van der Waals surface area contributed by atoms with E-state index in [1.54, 1.807) is 0 Å². The van der Waals surface area contributed by atoms with E-state index in [1.807, 2.05) is 37.3 Å². The highest BCUT2D eigenvalue weighted by atomic mass is 32.1. The highest BCUT2D eigenvalue weighted by Gasteiger charge is 2.17. The van der Waals surface area contributed by atoms with Crippen molar-refractivity contribution in [2.24, 2.45) is 0 Å². The molecular weight excluding hydrogens is 260 g/mol. The van der Waals surface area contributed by atoms with E-state index in [0.717, 1.165) is 28.4 Å². The summed E-state index contributed by atoms with van der Waals surface area (Å²) in [5.74, 6) is -0.317. The molecule has 0 saturated heterocycles. The molecule has 100 valence electrons.